The van der Waals surface area contributed by atoms with Crippen LogP contribution >= 0.6 is 0 Å². The van der Waals surface area contributed by atoms with Crippen molar-refractivity contribution in [3.05, 3.63) is 18.5 Å². The lowest BCUT2D eigenvalue weighted by Gasteiger charge is -2.42. The molecule has 1 aliphatic heterocycles. The molecule has 1 N–H and O–H groups in total. The topological polar surface area (TPSA) is 67.6 Å². The summed E-state index contributed by atoms with van der Waals surface area (Å²) in [5.74, 6) is -0.00600. The Balaban J connectivity index is 2.00. The first-order valence-corrected chi connectivity index (χ1v) is 6.04. The number of hydrogen-bond donors (Lipinski definition) is 1. The van der Waals surface area contributed by atoms with Crippen LogP contribution in [0.25, 0.3) is 0 Å². The lowest BCUT2D eigenvalue weighted by Crippen LogP contribution is -2.56. The average Bonchev–Trinajstić information content (AvgIpc) is 2.79. The lowest BCUT2D eigenvalue weighted by atomic mass is 10.1. The summed E-state index contributed by atoms with van der Waals surface area (Å²) in [6, 6.07) is 1.78. The summed E-state index contributed by atoms with van der Waals surface area (Å²) < 4.78 is 7.27. The van der Waals surface area contributed by atoms with Gasteiger partial charge in [0.25, 0.3) is 0 Å². The van der Waals surface area contributed by atoms with Crippen LogP contribution in [0.1, 0.15) is 13.8 Å². The van der Waals surface area contributed by atoms with E-state index < -0.39 is 5.60 Å². The Hall–Kier alpha value is -1.40. The molecule has 1 aliphatic rings. The minimum atomic E-state index is -0.425. The Labute approximate surface area is 106 Å². The van der Waals surface area contributed by atoms with Crippen LogP contribution in [-0.4, -0.2) is 57.1 Å². The third-order valence-corrected chi connectivity index (χ3v) is 2.89. The van der Waals surface area contributed by atoms with Crippen LogP contribution in [-0.2, 0) is 16.1 Å². The van der Waals surface area contributed by atoms with Crippen molar-refractivity contribution in [2.45, 2.75) is 32.1 Å². The summed E-state index contributed by atoms with van der Waals surface area (Å²) in [6.45, 7) is 4.95. The second kappa shape index (κ2) is 5.07. The fraction of sp³-hybridized carbons (Fsp3) is 0.667. The van der Waals surface area contributed by atoms with Gasteiger partial charge in [-0.15, -0.1) is 0 Å². The number of aromatic nitrogens is 2. The fourth-order valence-corrected chi connectivity index (χ4v) is 2.21. The first-order chi connectivity index (χ1) is 8.50. The molecule has 0 bridgehead atoms. The predicted octanol–water partition coefficient (Wildman–Crippen LogP) is -0.119. The Morgan fingerprint density at radius 2 is 2.39 bits per heavy atom. The van der Waals surface area contributed by atoms with Gasteiger partial charge in [0.2, 0.25) is 5.91 Å². The van der Waals surface area contributed by atoms with E-state index in [0.29, 0.717) is 13.1 Å². The van der Waals surface area contributed by atoms with Gasteiger partial charge in [-0.25, -0.2) is 0 Å². The van der Waals surface area contributed by atoms with E-state index in [0.717, 1.165) is 0 Å². The van der Waals surface area contributed by atoms with E-state index in [4.69, 9.17) is 4.74 Å². The number of hydrogen-bond acceptors (Lipinski definition) is 4. The van der Waals surface area contributed by atoms with Gasteiger partial charge in [0.05, 0.1) is 18.3 Å². The lowest BCUT2D eigenvalue weighted by molar-refractivity contribution is -0.167. The van der Waals surface area contributed by atoms with Crippen molar-refractivity contribution in [3.8, 4) is 0 Å². The minimum Gasteiger partial charge on any atom is -0.394 e. The number of ether oxygens (including phenoxy) is 1. The molecule has 1 atom stereocenters. The largest absolute Gasteiger partial charge is 0.394 e. The van der Waals surface area contributed by atoms with E-state index in [1.165, 1.54) is 0 Å². The molecule has 6 heteroatoms. The highest BCUT2D eigenvalue weighted by atomic mass is 16.5. The molecule has 1 aromatic rings. The summed E-state index contributed by atoms with van der Waals surface area (Å²) in [7, 11) is 0. The van der Waals surface area contributed by atoms with Gasteiger partial charge in [0.15, 0.2) is 0 Å². The van der Waals surface area contributed by atoms with Crippen molar-refractivity contribution in [2.24, 2.45) is 0 Å². The van der Waals surface area contributed by atoms with Gasteiger partial charge < -0.3 is 14.7 Å². The van der Waals surface area contributed by atoms with Crippen LogP contribution in [0.5, 0.6) is 0 Å². The monoisotopic (exact) mass is 253 g/mol. The van der Waals surface area contributed by atoms with Crippen LogP contribution in [0, 0.1) is 0 Å². The molecule has 18 heavy (non-hydrogen) atoms. The number of carbonyl (C=O) groups is 1. The Kier molecular flexibility index (Phi) is 3.68. The maximum absolute atomic E-state index is 12.1. The van der Waals surface area contributed by atoms with E-state index in [2.05, 4.69) is 5.10 Å². The highest BCUT2D eigenvalue weighted by Gasteiger charge is 2.35. The Morgan fingerprint density at radius 1 is 1.61 bits per heavy atom. The molecule has 1 unspecified atom stereocenters. The molecule has 1 saturated heterocycles. The summed E-state index contributed by atoms with van der Waals surface area (Å²) in [5.41, 5.74) is -0.425. The zero-order valence-electron chi connectivity index (χ0n) is 10.7. The quantitative estimate of drug-likeness (QED) is 0.815. The highest BCUT2D eigenvalue weighted by Crippen LogP contribution is 2.21. The Bertz CT molecular complexity index is 403. The molecule has 6 nitrogen and oxygen atoms in total. The molecule has 0 saturated carbocycles. The second-order valence-electron chi connectivity index (χ2n) is 5.16. The summed E-state index contributed by atoms with van der Waals surface area (Å²) >= 11 is 0. The SMILES string of the molecule is CC1(C)CN(C(=O)Cn2cccn2)CC(CO)O1. The van der Waals surface area contributed by atoms with Crippen molar-refractivity contribution in [2.75, 3.05) is 19.7 Å². The normalized spacial score (nSPS) is 23.1. The number of aliphatic hydroxyl groups excluding tert-OH is 1. The number of nitrogens with zero attached hydrogens (tertiary/aromatic N) is 3. The smallest absolute Gasteiger partial charge is 0.244 e. The molecule has 0 aliphatic carbocycles. The molecule has 1 aromatic heterocycles. The maximum Gasteiger partial charge on any atom is 0.244 e. The third-order valence-electron chi connectivity index (χ3n) is 2.89. The Morgan fingerprint density at radius 3 is 3.00 bits per heavy atom. The summed E-state index contributed by atoms with van der Waals surface area (Å²) in [5, 5.41) is 13.2. The van der Waals surface area contributed by atoms with Crippen molar-refractivity contribution in [3.63, 3.8) is 0 Å². The average molecular weight is 253 g/mol. The summed E-state index contributed by atoms with van der Waals surface area (Å²) in [6.07, 6.45) is 3.09. The second-order valence-corrected chi connectivity index (χ2v) is 5.16. The van der Waals surface area contributed by atoms with E-state index >= 15 is 0 Å². The molecule has 0 aromatic carbocycles. The molecule has 2 rings (SSSR count). The third kappa shape index (κ3) is 3.08. The molecular formula is C12H19N3O3. The molecule has 1 amide bonds. The molecule has 2 heterocycles. The van der Waals surface area contributed by atoms with Crippen LogP contribution in [0.2, 0.25) is 0 Å². The fourth-order valence-electron chi connectivity index (χ4n) is 2.21. The van der Waals surface area contributed by atoms with Gasteiger partial charge in [-0.2, -0.15) is 5.10 Å². The van der Waals surface area contributed by atoms with Crippen molar-refractivity contribution < 1.29 is 14.6 Å². The molecule has 100 valence electrons. The standard InChI is InChI=1S/C12H19N3O3/c1-12(2)9-14(6-10(8-16)18-12)11(17)7-15-5-3-4-13-15/h3-5,10,16H,6-9H2,1-2H3. The van der Waals surface area contributed by atoms with Crippen molar-refractivity contribution >= 4 is 5.91 Å². The molecule has 0 radical (unpaired) electrons. The number of amides is 1. The van der Waals surface area contributed by atoms with Crippen LogP contribution in [0.15, 0.2) is 18.5 Å². The van der Waals surface area contributed by atoms with E-state index in [1.54, 1.807) is 28.0 Å². The number of morpholine rings is 1. The van der Waals surface area contributed by atoms with Crippen molar-refractivity contribution in [1.29, 1.82) is 0 Å². The van der Waals surface area contributed by atoms with Gasteiger partial charge in [-0.05, 0) is 19.9 Å². The van der Waals surface area contributed by atoms with Gasteiger partial charge >= 0.3 is 0 Å². The zero-order chi connectivity index (χ0) is 13.2. The van der Waals surface area contributed by atoms with E-state index in [1.807, 2.05) is 13.8 Å². The van der Waals surface area contributed by atoms with Gasteiger partial charge in [0, 0.05) is 25.5 Å². The van der Waals surface area contributed by atoms with E-state index in [-0.39, 0.29) is 25.2 Å². The van der Waals surface area contributed by atoms with Crippen molar-refractivity contribution in [1.82, 2.24) is 14.7 Å². The first kappa shape index (κ1) is 13.0. The van der Waals surface area contributed by atoms with Crippen LogP contribution < -0.4 is 0 Å². The van der Waals surface area contributed by atoms with Crippen LogP contribution in [0.3, 0.4) is 0 Å². The first-order valence-electron chi connectivity index (χ1n) is 6.04. The molecular weight excluding hydrogens is 234 g/mol. The van der Waals surface area contributed by atoms with Crippen LogP contribution in [0.4, 0.5) is 0 Å². The van der Waals surface area contributed by atoms with Gasteiger partial charge in [0.1, 0.15) is 6.54 Å². The molecule has 0 spiro atoms. The molecule has 1 fully saturated rings. The van der Waals surface area contributed by atoms with E-state index in [9.17, 15) is 9.90 Å². The zero-order valence-corrected chi connectivity index (χ0v) is 10.7. The minimum absolute atomic E-state index is 0.00600. The highest BCUT2D eigenvalue weighted by molar-refractivity contribution is 5.76. The number of rotatable bonds is 3. The number of carbonyl (C=O) groups excluding carboxylic acids is 1. The predicted molar refractivity (Wildman–Crippen MR) is 64.8 cm³/mol. The summed E-state index contributed by atoms with van der Waals surface area (Å²) in [4.78, 5) is 13.9. The van der Waals surface area contributed by atoms with Gasteiger partial charge in [-0.3, -0.25) is 9.48 Å². The number of aliphatic hydroxyl groups is 1. The van der Waals surface area contributed by atoms with Gasteiger partial charge in [-0.1, -0.05) is 0 Å². The maximum atomic E-state index is 12.1.